The van der Waals surface area contributed by atoms with Crippen LogP contribution in [0.5, 0.6) is 0 Å². The number of aromatic nitrogens is 3. The quantitative estimate of drug-likeness (QED) is 0.112. The van der Waals surface area contributed by atoms with Gasteiger partial charge in [0.2, 0.25) is 0 Å². The summed E-state index contributed by atoms with van der Waals surface area (Å²) >= 11 is 0. The molecule has 1 amide bonds. The summed E-state index contributed by atoms with van der Waals surface area (Å²) in [7, 11) is 1.65. The Hall–Kier alpha value is -5.52. The summed E-state index contributed by atoms with van der Waals surface area (Å²) < 4.78 is 58.1. The Kier molecular flexibility index (Phi) is 9.45. The number of amides is 1. The number of anilines is 2. The van der Waals surface area contributed by atoms with Gasteiger partial charge in [-0.25, -0.2) is 9.37 Å². The van der Waals surface area contributed by atoms with Gasteiger partial charge in [0.15, 0.2) is 5.65 Å². The predicted molar refractivity (Wildman–Crippen MR) is 171 cm³/mol. The minimum absolute atomic E-state index is 0.106. The van der Waals surface area contributed by atoms with E-state index in [1.807, 2.05) is 22.7 Å². The molecule has 0 radical (unpaired) electrons. The second-order valence-corrected chi connectivity index (χ2v) is 10.6. The van der Waals surface area contributed by atoms with E-state index in [1.54, 1.807) is 38.5 Å². The smallest absolute Gasteiger partial charge is 0.403 e. The fourth-order valence-corrected chi connectivity index (χ4v) is 5.15. The van der Waals surface area contributed by atoms with E-state index < -0.39 is 23.5 Å². The van der Waals surface area contributed by atoms with Gasteiger partial charge in [0.25, 0.3) is 5.91 Å². The highest BCUT2D eigenvalue weighted by atomic mass is 19.4. The normalized spacial score (nSPS) is 12.2. The summed E-state index contributed by atoms with van der Waals surface area (Å²) in [5.74, 6) is -1.61. The number of nitrogens with two attached hydrogens (primary N) is 1. The van der Waals surface area contributed by atoms with Crippen molar-refractivity contribution in [1.82, 2.24) is 14.4 Å². The molecular formula is C34H31F4N7O. The lowest BCUT2D eigenvalue weighted by Gasteiger charge is -2.15. The van der Waals surface area contributed by atoms with Gasteiger partial charge in [-0.05, 0) is 103 Å². The molecular weight excluding hydrogens is 598 g/mol. The number of halogens is 4. The molecule has 0 fully saturated rings. The molecule has 5 rings (SSSR count). The second kappa shape index (κ2) is 13.6. The van der Waals surface area contributed by atoms with E-state index in [-0.39, 0.29) is 16.8 Å². The topological polar surface area (TPSA) is 110 Å². The SMILES string of the molecule is CN=CC(=CN)Nc1cccn2c(CCCc3cc(C(=O)Nc4cc(-c5ccncc5)cc(C(F)(F)F)c4)c(F)cc3C)cnc12. The standard InChI is InChI=1S/C34H31F4N7O/c1-21-13-30(35)29(33(46)44-26-15-24(22-8-10-41-11-9-22)14-25(17-26)34(36,37)38)16-23(21)5-3-6-28-20-42-32-31(7-4-12-45(28)32)43-27(18-39)19-40-2/h4,7-20,43H,3,5-6,39H2,1-2H3,(H,44,46). The number of aliphatic imine (C=N–C) groups is 1. The monoisotopic (exact) mass is 629 g/mol. The summed E-state index contributed by atoms with van der Waals surface area (Å²) in [5.41, 5.74) is 9.55. The Bertz CT molecular complexity index is 1930. The van der Waals surface area contributed by atoms with Gasteiger partial charge in [-0.3, -0.25) is 14.8 Å². The molecule has 5 aromatic rings. The molecule has 0 spiro atoms. The number of pyridine rings is 2. The lowest BCUT2D eigenvalue weighted by Crippen LogP contribution is -2.16. The third-order valence-corrected chi connectivity index (χ3v) is 7.42. The zero-order valence-electron chi connectivity index (χ0n) is 25.1. The fourth-order valence-electron chi connectivity index (χ4n) is 5.15. The summed E-state index contributed by atoms with van der Waals surface area (Å²) in [6, 6.07) is 12.9. The minimum Gasteiger partial charge on any atom is -0.403 e. The maximum Gasteiger partial charge on any atom is 0.416 e. The van der Waals surface area contributed by atoms with E-state index in [0.29, 0.717) is 41.7 Å². The molecule has 3 aromatic heterocycles. The number of hydrogen-bond acceptors (Lipinski definition) is 6. The molecule has 4 N–H and O–H groups in total. The number of hydrogen-bond donors (Lipinski definition) is 3. The van der Waals surface area contributed by atoms with Crippen LogP contribution < -0.4 is 16.4 Å². The maximum atomic E-state index is 15.0. The molecule has 0 aliphatic carbocycles. The average molecular weight is 630 g/mol. The van der Waals surface area contributed by atoms with Crippen LogP contribution in [0.3, 0.4) is 0 Å². The first-order chi connectivity index (χ1) is 22.1. The van der Waals surface area contributed by atoms with Crippen LogP contribution >= 0.6 is 0 Å². The molecule has 8 nitrogen and oxygen atoms in total. The maximum absolute atomic E-state index is 15.0. The number of imidazole rings is 1. The first-order valence-electron chi connectivity index (χ1n) is 14.4. The minimum atomic E-state index is -4.65. The van der Waals surface area contributed by atoms with Gasteiger partial charge in [0.1, 0.15) is 5.82 Å². The highest BCUT2D eigenvalue weighted by Gasteiger charge is 2.31. The Morgan fingerprint density at radius 3 is 2.54 bits per heavy atom. The van der Waals surface area contributed by atoms with Crippen LogP contribution in [0.2, 0.25) is 0 Å². The second-order valence-electron chi connectivity index (χ2n) is 10.6. The molecule has 2 aromatic carbocycles. The molecule has 0 saturated carbocycles. The molecule has 0 atom stereocenters. The van der Waals surface area contributed by atoms with Crippen molar-refractivity contribution in [3.05, 3.63) is 125 Å². The van der Waals surface area contributed by atoms with Gasteiger partial charge in [0, 0.05) is 55.6 Å². The number of allylic oxidation sites excluding steroid dienone is 1. The summed E-state index contributed by atoms with van der Waals surface area (Å²) in [4.78, 5) is 25.6. The summed E-state index contributed by atoms with van der Waals surface area (Å²) in [6.07, 6.45) is 6.80. The van der Waals surface area contributed by atoms with Crippen LogP contribution in [0.4, 0.5) is 28.9 Å². The average Bonchev–Trinajstić information content (AvgIpc) is 3.45. The van der Waals surface area contributed by atoms with Crippen LogP contribution in [0.1, 0.15) is 39.2 Å². The van der Waals surface area contributed by atoms with Crippen molar-refractivity contribution < 1.29 is 22.4 Å². The molecule has 0 saturated heterocycles. The Morgan fingerprint density at radius 2 is 1.83 bits per heavy atom. The molecule has 0 aliphatic rings. The van der Waals surface area contributed by atoms with Gasteiger partial charge in [0.05, 0.1) is 22.5 Å². The molecule has 0 aliphatic heterocycles. The number of fused-ring (bicyclic) bond motifs is 1. The number of aryl methyl sites for hydroxylation is 3. The van der Waals surface area contributed by atoms with Crippen LogP contribution in [0.15, 0.2) is 96.3 Å². The van der Waals surface area contributed by atoms with Gasteiger partial charge in [-0.2, -0.15) is 13.2 Å². The van der Waals surface area contributed by atoms with E-state index in [1.165, 1.54) is 36.8 Å². The molecule has 12 heteroatoms. The predicted octanol–water partition coefficient (Wildman–Crippen LogP) is 7.20. The molecule has 3 heterocycles. The van der Waals surface area contributed by atoms with E-state index >= 15 is 4.39 Å². The zero-order chi connectivity index (χ0) is 32.8. The molecule has 236 valence electrons. The lowest BCUT2D eigenvalue weighted by atomic mass is 9.98. The van der Waals surface area contributed by atoms with Crippen molar-refractivity contribution >= 4 is 29.1 Å². The van der Waals surface area contributed by atoms with Crippen molar-refractivity contribution in [3.63, 3.8) is 0 Å². The van der Waals surface area contributed by atoms with Crippen LogP contribution in [-0.2, 0) is 19.0 Å². The Balaban J connectivity index is 1.33. The first-order valence-corrected chi connectivity index (χ1v) is 14.4. The highest BCUT2D eigenvalue weighted by Crippen LogP contribution is 2.35. The van der Waals surface area contributed by atoms with Crippen molar-refractivity contribution in [3.8, 4) is 11.1 Å². The summed E-state index contributed by atoms with van der Waals surface area (Å²) in [6.45, 7) is 1.75. The van der Waals surface area contributed by atoms with Crippen molar-refractivity contribution in [2.45, 2.75) is 32.4 Å². The van der Waals surface area contributed by atoms with Crippen molar-refractivity contribution in [2.24, 2.45) is 10.7 Å². The van der Waals surface area contributed by atoms with E-state index in [0.717, 1.165) is 29.1 Å². The third kappa shape index (κ3) is 7.23. The van der Waals surface area contributed by atoms with Crippen LogP contribution in [0, 0.1) is 12.7 Å². The number of alkyl halides is 3. The molecule has 0 unspecified atom stereocenters. The van der Waals surface area contributed by atoms with Crippen molar-refractivity contribution in [2.75, 3.05) is 17.7 Å². The zero-order valence-corrected chi connectivity index (χ0v) is 25.1. The number of nitrogens with one attached hydrogen (secondary N) is 2. The van der Waals surface area contributed by atoms with Gasteiger partial charge in [-0.15, -0.1) is 0 Å². The van der Waals surface area contributed by atoms with Crippen LogP contribution in [-0.4, -0.2) is 33.5 Å². The lowest BCUT2D eigenvalue weighted by molar-refractivity contribution is -0.137. The van der Waals surface area contributed by atoms with Crippen molar-refractivity contribution in [1.29, 1.82) is 0 Å². The van der Waals surface area contributed by atoms with E-state index in [9.17, 15) is 18.0 Å². The Labute approximate surface area is 262 Å². The molecule has 0 bridgehead atoms. The van der Waals surface area contributed by atoms with Gasteiger partial charge < -0.3 is 20.8 Å². The van der Waals surface area contributed by atoms with E-state index in [2.05, 4.69) is 25.6 Å². The number of rotatable bonds is 10. The van der Waals surface area contributed by atoms with Gasteiger partial charge in [-0.1, -0.05) is 0 Å². The largest absolute Gasteiger partial charge is 0.416 e. The number of carbonyl (C=O) groups excluding carboxylic acids is 1. The first kappa shape index (κ1) is 31.9. The number of carbonyl (C=O) groups is 1. The number of benzene rings is 2. The molecule has 46 heavy (non-hydrogen) atoms. The number of nitrogens with zero attached hydrogens (tertiary/aromatic N) is 4. The summed E-state index contributed by atoms with van der Waals surface area (Å²) in [5, 5.41) is 5.67. The van der Waals surface area contributed by atoms with Crippen LogP contribution in [0.25, 0.3) is 16.8 Å². The Morgan fingerprint density at radius 1 is 1.04 bits per heavy atom. The van der Waals surface area contributed by atoms with Gasteiger partial charge >= 0.3 is 6.18 Å². The highest BCUT2D eigenvalue weighted by molar-refractivity contribution is 6.05. The van der Waals surface area contributed by atoms with E-state index in [4.69, 9.17) is 5.73 Å². The third-order valence-electron chi connectivity index (χ3n) is 7.42. The fraction of sp³-hybridized carbons (Fsp3) is 0.176.